The molecule has 1 aliphatic heterocycles. The molecule has 0 spiro atoms. The van der Waals surface area contributed by atoms with Crippen molar-refractivity contribution >= 4 is 26.3 Å². The highest BCUT2D eigenvalue weighted by Crippen LogP contribution is 2.37. The Morgan fingerprint density at radius 3 is 2.30 bits per heavy atom. The van der Waals surface area contributed by atoms with Crippen LogP contribution in [-0.2, 0) is 22.4 Å². The predicted octanol–water partition coefficient (Wildman–Crippen LogP) is 5.81. The number of aromatic nitrogens is 1. The smallest absolute Gasteiger partial charge is 0.348 e. The van der Waals surface area contributed by atoms with Crippen LogP contribution >= 0.6 is 11.3 Å². The average molecular weight is 495 g/mol. The zero-order valence-corrected chi connectivity index (χ0v) is 20.0. The van der Waals surface area contributed by atoms with E-state index < -0.39 is 31.7 Å². The Kier molecular flexibility index (Phi) is 6.55. The van der Waals surface area contributed by atoms with Gasteiger partial charge in [0.15, 0.2) is 15.0 Å². The van der Waals surface area contributed by atoms with Crippen LogP contribution in [0.2, 0.25) is 0 Å². The number of alkyl halides is 3. The average Bonchev–Trinajstić information content (AvgIpc) is 3.25. The number of sulfone groups is 1. The molecule has 2 aromatic carbocycles. The molecule has 2 heterocycles. The fourth-order valence-electron chi connectivity index (χ4n) is 4.32. The second kappa shape index (κ2) is 9.10. The van der Waals surface area contributed by atoms with E-state index in [-0.39, 0.29) is 12.8 Å². The Bertz CT molecular complexity index is 1220. The van der Waals surface area contributed by atoms with Gasteiger partial charge in [0.1, 0.15) is 0 Å². The Hall–Kier alpha value is -2.39. The van der Waals surface area contributed by atoms with Gasteiger partial charge in [-0.25, -0.2) is 13.4 Å². The Balaban J connectivity index is 1.46. The Morgan fingerprint density at radius 2 is 1.67 bits per heavy atom. The lowest BCUT2D eigenvalue weighted by atomic mass is 9.99. The first-order valence-electron chi connectivity index (χ1n) is 10.7. The van der Waals surface area contributed by atoms with Gasteiger partial charge >= 0.3 is 6.18 Å². The third kappa shape index (κ3) is 4.94. The number of anilines is 1. The minimum atomic E-state index is -4.71. The standard InChI is InChI=1S/C24H25F3N2O2S2/c1-16-6-5-7-17(2)20(16)14-18-15-32-23(28-18)29-12-10-19(11-13-29)33(30,31)22-9-4-3-8-21(22)24(25,26)27/h3-9,15,19H,10-14H2,1-2H3. The van der Waals surface area contributed by atoms with Crippen molar-refractivity contribution in [3.63, 3.8) is 0 Å². The molecule has 0 saturated carbocycles. The summed E-state index contributed by atoms with van der Waals surface area (Å²) in [5.41, 5.74) is 3.55. The van der Waals surface area contributed by atoms with Gasteiger partial charge in [-0.2, -0.15) is 13.2 Å². The summed E-state index contributed by atoms with van der Waals surface area (Å²) in [5.74, 6) is 0. The zero-order valence-electron chi connectivity index (χ0n) is 18.4. The number of aryl methyl sites for hydroxylation is 2. The summed E-state index contributed by atoms with van der Waals surface area (Å²) >= 11 is 1.51. The summed E-state index contributed by atoms with van der Waals surface area (Å²) in [6, 6.07) is 10.6. The Labute approximate surface area is 196 Å². The van der Waals surface area contributed by atoms with Crippen molar-refractivity contribution in [1.29, 1.82) is 0 Å². The van der Waals surface area contributed by atoms with E-state index in [1.165, 1.54) is 40.2 Å². The normalized spacial score (nSPS) is 15.7. The van der Waals surface area contributed by atoms with Crippen LogP contribution in [0.1, 0.15) is 40.8 Å². The number of rotatable bonds is 5. The molecule has 0 bridgehead atoms. The monoisotopic (exact) mass is 494 g/mol. The van der Waals surface area contributed by atoms with Crippen LogP contribution in [0.3, 0.4) is 0 Å². The van der Waals surface area contributed by atoms with Crippen LogP contribution in [-0.4, -0.2) is 31.7 Å². The van der Waals surface area contributed by atoms with Crippen LogP contribution in [0.4, 0.5) is 18.3 Å². The maximum absolute atomic E-state index is 13.4. The Morgan fingerprint density at radius 1 is 1.03 bits per heavy atom. The van der Waals surface area contributed by atoms with Crippen LogP contribution in [0.25, 0.3) is 0 Å². The van der Waals surface area contributed by atoms with E-state index in [9.17, 15) is 21.6 Å². The number of hydrogen-bond acceptors (Lipinski definition) is 5. The molecule has 0 aliphatic carbocycles. The number of piperidine rings is 1. The fraction of sp³-hybridized carbons (Fsp3) is 0.375. The molecule has 0 N–H and O–H groups in total. The highest BCUT2D eigenvalue weighted by molar-refractivity contribution is 7.92. The van der Waals surface area contributed by atoms with Gasteiger partial charge in [-0.1, -0.05) is 30.3 Å². The van der Waals surface area contributed by atoms with Gasteiger partial charge in [0, 0.05) is 24.9 Å². The molecule has 0 unspecified atom stereocenters. The first-order chi connectivity index (χ1) is 15.6. The summed E-state index contributed by atoms with van der Waals surface area (Å²) in [7, 11) is -4.09. The van der Waals surface area contributed by atoms with E-state index in [0.29, 0.717) is 13.1 Å². The second-order valence-electron chi connectivity index (χ2n) is 8.39. The molecule has 0 atom stereocenters. The van der Waals surface area contributed by atoms with Crippen LogP contribution < -0.4 is 4.90 Å². The van der Waals surface area contributed by atoms with E-state index in [2.05, 4.69) is 26.0 Å². The van der Waals surface area contributed by atoms with Crippen LogP contribution in [0.15, 0.2) is 52.7 Å². The van der Waals surface area contributed by atoms with Crippen molar-refractivity contribution in [1.82, 2.24) is 4.98 Å². The number of thiazole rings is 1. The number of hydrogen-bond donors (Lipinski definition) is 0. The molecule has 4 nitrogen and oxygen atoms in total. The molecule has 0 amide bonds. The third-order valence-electron chi connectivity index (χ3n) is 6.19. The van der Waals surface area contributed by atoms with Crippen molar-refractivity contribution in [2.45, 2.75) is 49.4 Å². The fourth-order valence-corrected chi connectivity index (χ4v) is 7.15. The molecule has 4 rings (SSSR count). The lowest BCUT2D eigenvalue weighted by Gasteiger charge is -2.31. The molecule has 0 radical (unpaired) electrons. The highest BCUT2D eigenvalue weighted by Gasteiger charge is 2.40. The first-order valence-corrected chi connectivity index (χ1v) is 13.1. The van der Waals surface area contributed by atoms with Crippen molar-refractivity contribution in [3.05, 3.63) is 75.8 Å². The molecular formula is C24H25F3N2O2S2. The molecule has 176 valence electrons. The molecule has 9 heteroatoms. The quantitative estimate of drug-likeness (QED) is 0.449. The molecule has 1 saturated heterocycles. The molecule has 33 heavy (non-hydrogen) atoms. The second-order valence-corrected chi connectivity index (χ2v) is 11.4. The summed E-state index contributed by atoms with van der Waals surface area (Å²) in [6.07, 6.45) is -3.45. The molecule has 3 aromatic rings. The maximum Gasteiger partial charge on any atom is 0.417 e. The summed E-state index contributed by atoms with van der Waals surface area (Å²) in [6.45, 7) is 5.04. The van der Waals surface area contributed by atoms with Gasteiger partial charge in [-0.05, 0) is 55.5 Å². The van der Waals surface area contributed by atoms with Crippen molar-refractivity contribution < 1.29 is 21.6 Å². The molecule has 1 aromatic heterocycles. The zero-order chi connectivity index (χ0) is 23.8. The summed E-state index contributed by atoms with van der Waals surface area (Å²) in [4.78, 5) is 6.15. The number of halogens is 3. The van der Waals surface area contributed by atoms with Crippen molar-refractivity contribution in [2.75, 3.05) is 18.0 Å². The van der Waals surface area contributed by atoms with E-state index in [1.54, 1.807) is 0 Å². The SMILES string of the molecule is Cc1cccc(C)c1Cc1csc(N2CCC(S(=O)(=O)c3ccccc3C(F)(F)F)CC2)n1. The van der Waals surface area contributed by atoms with Crippen LogP contribution in [0.5, 0.6) is 0 Å². The van der Waals surface area contributed by atoms with Gasteiger partial charge in [-0.3, -0.25) is 0 Å². The van der Waals surface area contributed by atoms with Gasteiger partial charge in [-0.15, -0.1) is 11.3 Å². The van der Waals surface area contributed by atoms with Crippen LogP contribution in [0, 0.1) is 13.8 Å². The molecule has 1 fully saturated rings. The predicted molar refractivity (Wildman–Crippen MR) is 125 cm³/mol. The van der Waals surface area contributed by atoms with Crippen molar-refractivity contribution in [3.8, 4) is 0 Å². The van der Waals surface area contributed by atoms with E-state index in [4.69, 9.17) is 4.98 Å². The summed E-state index contributed by atoms with van der Waals surface area (Å²) < 4.78 is 66.1. The van der Waals surface area contributed by atoms with Gasteiger partial charge in [0.2, 0.25) is 0 Å². The minimum absolute atomic E-state index is 0.264. The lowest BCUT2D eigenvalue weighted by Crippen LogP contribution is -2.39. The lowest BCUT2D eigenvalue weighted by molar-refractivity contribution is -0.139. The van der Waals surface area contributed by atoms with E-state index in [0.717, 1.165) is 29.4 Å². The third-order valence-corrected chi connectivity index (χ3v) is 9.46. The largest absolute Gasteiger partial charge is 0.417 e. The maximum atomic E-state index is 13.4. The number of benzene rings is 2. The first kappa shape index (κ1) is 23.8. The van der Waals surface area contributed by atoms with E-state index >= 15 is 0 Å². The van der Waals surface area contributed by atoms with Gasteiger partial charge in [0.25, 0.3) is 0 Å². The van der Waals surface area contributed by atoms with E-state index in [1.807, 2.05) is 16.3 Å². The molecular weight excluding hydrogens is 469 g/mol. The summed E-state index contributed by atoms with van der Waals surface area (Å²) in [5, 5.41) is 2.00. The topological polar surface area (TPSA) is 50.3 Å². The van der Waals surface area contributed by atoms with Gasteiger partial charge in [0.05, 0.1) is 21.4 Å². The highest BCUT2D eigenvalue weighted by atomic mass is 32.2. The minimum Gasteiger partial charge on any atom is -0.348 e. The number of nitrogens with zero attached hydrogens (tertiary/aromatic N) is 2. The van der Waals surface area contributed by atoms with Gasteiger partial charge < -0.3 is 4.90 Å². The van der Waals surface area contributed by atoms with Crippen molar-refractivity contribution in [2.24, 2.45) is 0 Å². The molecule has 1 aliphatic rings.